The number of alkyl halides is 35. The van der Waals surface area contributed by atoms with Crippen LogP contribution in [-0.2, 0) is 25.0 Å². The number of amides is 1. The van der Waals surface area contributed by atoms with Crippen LogP contribution < -0.4 is 5.32 Å². The second-order valence-electron chi connectivity index (χ2n) is 13.7. The van der Waals surface area contributed by atoms with Crippen molar-refractivity contribution in [1.29, 1.82) is 0 Å². The van der Waals surface area contributed by atoms with E-state index in [9.17, 15) is 155 Å². The largest absolute Gasteiger partial charge is 0.460 e. The Morgan fingerprint density at radius 3 is 0.959 bits per heavy atom. The van der Waals surface area contributed by atoms with Crippen LogP contribution in [0.1, 0.15) is 28.4 Å². The van der Waals surface area contributed by atoms with E-state index in [1.807, 2.05) is 0 Å². The molecule has 0 bridgehead atoms. The quantitative estimate of drug-likeness (QED) is 0.0433. The van der Waals surface area contributed by atoms with Gasteiger partial charge < -0.3 is 10.1 Å². The number of rotatable bonds is 21. The summed E-state index contributed by atoms with van der Waals surface area (Å²) in [5.41, 5.74) is -12.3. The highest BCUT2D eigenvalue weighted by atomic mass is 19.4. The van der Waals surface area contributed by atoms with E-state index >= 15 is 17.6 Å². The summed E-state index contributed by atoms with van der Waals surface area (Å²) in [6.45, 7) is -1.53. The number of benzene rings is 1. The van der Waals surface area contributed by atoms with Gasteiger partial charge in [0.2, 0.25) is 12.2 Å². The van der Waals surface area contributed by atoms with Crippen LogP contribution in [-0.4, -0.2) is 126 Å². The Morgan fingerprint density at radius 2 is 0.712 bits per heavy atom. The van der Waals surface area contributed by atoms with Gasteiger partial charge in [-0.1, -0.05) is 0 Å². The van der Waals surface area contributed by atoms with E-state index in [1.54, 1.807) is 0 Å². The molecule has 0 unspecified atom stereocenters. The summed E-state index contributed by atoms with van der Waals surface area (Å²) in [6.07, 6.45) is -7.80. The van der Waals surface area contributed by atoms with Crippen LogP contribution in [0, 0.1) is 6.92 Å². The molecule has 0 saturated carbocycles. The number of aryl methyl sites for hydroxylation is 1. The SMILES string of the molecule is CC(=O)OCNC(=O)c1c(N=C=O)c(N=C=O)cc(C)c1C(F)(F)C(F)(F)C(F)(F)C(F)(F)C(F)(F)C(F)(F)C(F)(F)C(F)(F)C(F)(F)C(F)(F)C(F)(F)C(F)(F)C(F)(F)C(F)(F)C(F)(F)C(F)(F)C(F)(F)F. The molecule has 1 N–H and O–H groups in total. The number of isocyanates is 2. The van der Waals surface area contributed by atoms with Gasteiger partial charge in [0, 0.05) is 12.5 Å². The van der Waals surface area contributed by atoms with Gasteiger partial charge in [-0.15, -0.1) is 0 Å². The fourth-order valence-electron chi connectivity index (χ4n) is 5.10. The zero-order chi connectivity index (χ0) is 59.2. The third-order valence-electron chi connectivity index (χ3n) is 9.12. The lowest BCUT2D eigenvalue weighted by Crippen LogP contribution is -2.80. The Morgan fingerprint density at radius 1 is 0.452 bits per heavy atom. The van der Waals surface area contributed by atoms with Crippen LogP contribution in [0.4, 0.5) is 165 Å². The topological polar surface area (TPSA) is 114 Å². The van der Waals surface area contributed by atoms with E-state index in [2.05, 4.69) is 14.7 Å². The summed E-state index contributed by atoms with van der Waals surface area (Å²) in [5.74, 6) is -162. The molecular formula is C30H10F35N3O5. The number of hydrogen-bond donors (Lipinski definition) is 1. The van der Waals surface area contributed by atoms with Crippen molar-refractivity contribution in [1.82, 2.24) is 5.32 Å². The van der Waals surface area contributed by atoms with Gasteiger partial charge in [-0.3, -0.25) is 9.59 Å². The average Bonchev–Trinajstić information content (AvgIpc) is 3.19. The molecule has 73 heavy (non-hydrogen) atoms. The molecule has 1 amide bonds. The van der Waals surface area contributed by atoms with Crippen molar-refractivity contribution in [2.24, 2.45) is 9.98 Å². The highest BCUT2D eigenvalue weighted by Gasteiger charge is 3.02. The van der Waals surface area contributed by atoms with Crippen molar-refractivity contribution in [2.45, 2.75) is 115 Å². The molecule has 0 aliphatic carbocycles. The maximum absolute atomic E-state index is 15.6. The number of nitrogens with zero attached hydrogens (tertiary/aromatic N) is 2. The van der Waals surface area contributed by atoms with Crippen molar-refractivity contribution < 1.29 is 178 Å². The molecule has 0 atom stereocenters. The summed E-state index contributed by atoms with van der Waals surface area (Å²) >= 11 is 0. The number of nitrogens with one attached hydrogen (secondary N) is 1. The Hall–Kier alpha value is -5.53. The maximum atomic E-state index is 15.6. The monoisotopic (exact) mass is 1160 g/mol. The van der Waals surface area contributed by atoms with Crippen LogP contribution in [0.15, 0.2) is 16.1 Å². The average molecular weight is 1160 g/mol. The second-order valence-corrected chi connectivity index (χ2v) is 13.7. The first kappa shape index (κ1) is 65.5. The van der Waals surface area contributed by atoms with Crippen molar-refractivity contribution in [3.8, 4) is 0 Å². The zero-order valence-corrected chi connectivity index (χ0v) is 32.9. The molecule has 0 aliphatic rings. The fourth-order valence-corrected chi connectivity index (χ4v) is 5.10. The first-order valence-corrected chi connectivity index (χ1v) is 16.5. The van der Waals surface area contributed by atoms with E-state index in [1.165, 1.54) is 0 Å². The molecule has 0 saturated heterocycles. The molecular weight excluding hydrogens is 1150 g/mol. The lowest BCUT2D eigenvalue weighted by molar-refractivity contribution is -0.492. The summed E-state index contributed by atoms with van der Waals surface area (Å²) in [6, 6.07) is -0.436. The highest BCUT2D eigenvalue weighted by molar-refractivity contribution is 6.04. The molecule has 0 radical (unpaired) electrons. The lowest BCUT2D eigenvalue weighted by atomic mass is 9.81. The van der Waals surface area contributed by atoms with Crippen LogP contribution in [0.25, 0.3) is 0 Å². The summed E-state index contributed by atoms with van der Waals surface area (Å²) in [7, 11) is 0. The van der Waals surface area contributed by atoms with Crippen molar-refractivity contribution in [2.75, 3.05) is 6.73 Å². The number of aliphatic imine (C=N–C) groups is 2. The number of carbonyl (C=O) groups excluding carboxylic acids is 4. The van der Waals surface area contributed by atoms with E-state index < -0.39 is 154 Å². The molecule has 0 heterocycles. The van der Waals surface area contributed by atoms with Crippen LogP contribution in [0.2, 0.25) is 0 Å². The number of ether oxygens (including phenoxy) is 1. The standard InChI is InChI=1S/C30H10F35N3O5/c1-7-3-9(66-4-69)12(67-5-70)10(13(72)68-6-73-8(2)71)11(7)14(31,32)15(33,34)16(35,36)17(37,38)18(39,40)19(41,42)20(43,44)21(45,46)22(47,48)23(49,50)24(51,52)25(53,54)26(55,56)27(57,58)28(59,60)29(61,62)30(63,64)65/h3H,6H2,1-2H3,(H,68,72). The van der Waals surface area contributed by atoms with E-state index in [0.717, 1.165) is 5.32 Å². The predicted molar refractivity (Wildman–Crippen MR) is 155 cm³/mol. The highest BCUT2D eigenvalue weighted by Crippen LogP contribution is 2.71. The first-order chi connectivity index (χ1) is 31.6. The van der Waals surface area contributed by atoms with Crippen molar-refractivity contribution in [3.63, 3.8) is 0 Å². The summed E-state index contributed by atoms with van der Waals surface area (Å²) < 4.78 is 498. The molecule has 0 fully saturated rings. The Kier molecular flexibility index (Phi) is 16.2. The van der Waals surface area contributed by atoms with Gasteiger partial charge in [-0.2, -0.15) is 164 Å². The fraction of sp³-hybridized carbons (Fsp3) is 0.667. The molecule has 1 aromatic carbocycles. The number of esters is 1. The van der Waals surface area contributed by atoms with Gasteiger partial charge >= 0.3 is 107 Å². The molecule has 8 nitrogen and oxygen atoms in total. The zero-order valence-electron chi connectivity index (χ0n) is 32.9. The van der Waals surface area contributed by atoms with Gasteiger partial charge in [0.25, 0.3) is 5.91 Å². The van der Waals surface area contributed by atoms with E-state index in [4.69, 9.17) is 0 Å². The smallest absolute Gasteiger partial charge is 0.445 e. The number of hydrogen-bond acceptors (Lipinski definition) is 7. The minimum absolute atomic E-state index is 0.230. The van der Waals surface area contributed by atoms with Gasteiger partial charge in [0.1, 0.15) is 11.4 Å². The van der Waals surface area contributed by atoms with Crippen LogP contribution in [0.3, 0.4) is 0 Å². The second kappa shape index (κ2) is 18.1. The van der Waals surface area contributed by atoms with Gasteiger partial charge in [0.05, 0.1) is 5.56 Å². The van der Waals surface area contributed by atoms with Gasteiger partial charge in [-0.25, -0.2) is 9.59 Å². The lowest BCUT2D eigenvalue weighted by Gasteiger charge is -2.47. The van der Waals surface area contributed by atoms with E-state index in [0.29, 0.717) is 13.0 Å². The Bertz CT molecular complexity index is 2390. The molecule has 1 aromatic rings. The Balaban J connectivity index is 4.33. The third-order valence-corrected chi connectivity index (χ3v) is 9.12. The predicted octanol–water partition coefficient (Wildman–Crippen LogP) is 12.4. The van der Waals surface area contributed by atoms with Crippen molar-refractivity contribution >= 4 is 35.4 Å². The van der Waals surface area contributed by atoms with Crippen LogP contribution in [0.5, 0.6) is 0 Å². The number of carbonyl (C=O) groups is 2. The normalized spacial score (nSPS) is 15.4. The van der Waals surface area contributed by atoms with E-state index in [-0.39, 0.29) is 13.0 Å². The molecule has 0 spiro atoms. The summed E-state index contributed by atoms with van der Waals surface area (Å²) in [5, 5.41) is 1.04. The first-order valence-electron chi connectivity index (χ1n) is 16.5. The van der Waals surface area contributed by atoms with Crippen molar-refractivity contribution in [3.05, 3.63) is 22.8 Å². The Labute approximate surface area is 373 Å². The van der Waals surface area contributed by atoms with Gasteiger partial charge in [0.15, 0.2) is 6.73 Å². The molecule has 420 valence electrons. The minimum Gasteiger partial charge on any atom is -0.445 e. The molecule has 0 aromatic heterocycles. The molecule has 1 rings (SSSR count). The van der Waals surface area contributed by atoms with Gasteiger partial charge in [-0.05, 0) is 18.6 Å². The third kappa shape index (κ3) is 8.48. The molecule has 0 aliphatic heterocycles. The van der Waals surface area contributed by atoms with Crippen LogP contribution >= 0.6 is 0 Å². The minimum atomic E-state index is -10.5. The summed E-state index contributed by atoms with van der Waals surface area (Å²) in [4.78, 5) is 50.2. The maximum Gasteiger partial charge on any atom is 0.460 e. The molecule has 43 heteroatoms. The number of halogens is 35.